The molecule has 5 heteroatoms. The Hall–Kier alpha value is -1.29. The van der Waals surface area contributed by atoms with E-state index in [0.717, 1.165) is 25.3 Å². The zero-order chi connectivity index (χ0) is 10.8. The summed E-state index contributed by atoms with van der Waals surface area (Å²) in [5.41, 5.74) is 0.444. The van der Waals surface area contributed by atoms with E-state index in [4.69, 9.17) is 11.6 Å². The second-order valence-corrected chi connectivity index (χ2v) is 3.76. The lowest BCUT2D eigenvalue weighted by Gasteiger charge is -2.32. The molecule has 0 aromatic carbocycles. The molecule has 80 valence electrons. The first-order valence-electron chi connectivity index (χ1n) is 4.71. The largest absolute Gasteiger partial charge is 0.465 e. The summed E-state index contributed by atoms with van der Waals surface area (Å²) in [5.74, 6) is 0.357. The number of ether oxygens (including phenoxy) is 1. The molecule has 1 saturated heterocycles. The molecule has 1 aliphatic heterocycles. The van der Waals surface area contributed by atoms with E-state index in [9.17, 15) is 4.79 Å². The summed E-state index contributed by atoms with van der Waals surface area (Å²) in [5, 5.41) is 0.319. The molecule has 0 radical (unpaired) electrons. The molecule has 0 spiro atoms. The minimum Gasteiger partial charge on any atom is -0.465 e. The van der Waals surface area contributed by atoms with Crippen LogP contribution >= 0.6 is 11.6 Å². The maximum absolute atomic E-state index is 11.3. The van der Waals surface area contributed by atoms with Gasteiger partial charge in [0.15, 0.2) is 0 Å². The zero-order valence-corrected chi connectivity index (χ0v) is 9.12. The van der Waals surface area contributed by atoms with E-state index in [1.165, 1.54) is 13.2 Å². The van der Waals surface area contributed by atoms with Crippen LogP contribution in [0, 0.1) is 0 Å². The minimum absolute atomic E-state index is 0.319. The molecule has 0 unspecified atom stereocenters. The Labute approximate surface area is 92.8 Å². The molecular weight excluding hydrogens is 216 g/mol. The van der Waals surface area contributed by atoms with E-state index in [0.29, 0.717) is 10.7 Å². The standard InChI is InChI=1S/C10H11ClN2O2/c1-15-10(14)7-5-8(11)12-9(6-7)13-3-2-4-13/h5-6H,2-4H2,1H3. The van der Waals surface area contributed by atoms with Crippen molar-refractivity contribution in [1.29, 1.82) is 0 Å². The highest BCUT2D eigenvalue weighted by molar-refractivity contribution is 6.29. The molecule has 1 aromatic rings. The topological polar surface area (TPSA) is 42.4 Å². The first-order chi connectivity index (χ1) is 7.20. The molecular formula is C10H11ClN2O2. The molecule has 1 aromatic heterocycles. The lowest BCUT2D eigenvalue weighted by molar-refractivity contribution is 0.0600. The fourth-order valence-electron chi connectivity index (χ4n) is 1.43. The molecule has 4 nitrogen and oxygen atoms in total. The van der Waals surface area contributed by atoms with Gasteiger partial charge in [-0.25, -0.2) is 9.78 Å². The predicted molar refractivity (Wildman–Crippen MR) is 57.4 cm³/mol. The van der Waals surface area contributed by atoms with Crippen LogP contribution in [0.5, 0.6) is 0 Å². The maximum Gasteiger partial charge on any atom is 0.338 e. The highest BCUT2D eigenvalue weighted by Crippen LogP contribution is 2.22. The Morgan fingerprint density at radius 2 is 2.27 bits per heavy atom. The smallest absolute Gasteiger partial charge is 0.338 e. The first-order valence-corrected chi connectivity index (χ1v) is 5.09. The average molecular weight is 227 g/mol. The third-order valence-electron chi connectivity index (χ3n) is 2.38. The van der Waals surface area contributed by atoms with Gasteiger partial charge in [-0.15, -0.1) is 0 Å². The number of pyridine rings is 1. The van der Waals surface area contributed by atoms with Crippen LogP contribution in [0.25, 0.3) is 0 Å². The van der Waals surface area contributed by atoms with Crippen molar-refractivity contribution in [2.75, 3.05) is 25.1 Å². The van der Waals surface area contributed by atoms with E-state index in [2.05, 4.69) is 14.6 Å². The van der Waals surface area contributed by atoms with Crippen molar-refractivity contribution in [3.8, 4) is 0 Å². The van der Waals surface area contributed by atoms with Crippen LogP contribution in [-0.2, 0) is 4.74 Å². The Balaban J connectivity index is 2.31. The molecule has 0 saturated carbocycles. The molecule has 0 bridgehead atoms. The quantitative estimate of drug-likeness (QED) is 0.569. The van der Waals surface area contributed by atoms with Crippen LogP contribution in [0.3, 0.4) is 0 Å². The Kier molecular flexibility index (Phi) is 2.77. The number of carbonyl (C=O) groups is 1. The Morgan fingerprint density at radius 1 is 1.53 bits per heavy atom. The van der Waals surface area contributed by atoms with Gasteiger partial charge in [0.25, 0.3) is 0 Å². The fourth-order valence-corrected chi connectivity index (χ4v) is 1.63. The van der Waals surface area contributed by atoms with Gasteiger partial charge in [-0.3, -0.25) is 0 Å². The lowest BCUT2D eigenvalue weighted by Crippen LogP contribution is -2.37. The van der Waals surface area contributed by atoms with E-state index in [1.807, 2.05) is 0 Å². The summed E-state index contributed by atoms with van der Waals surface area (Å²) in [6.45, 7) is 1.93. The third-order valence-corrected chi connectivity index (χ3v) is 2.58. The van der Waals surface area contributed by atoms with Gasteiger partial charge in [-0.2, -0.15) is 0 Å². The third kappa shape index (κ3) is 2.04. The van der Waals surface area contributed by atoms with Gasteiger partial charge in [0.2, 0.25) is 0 Å². The van der Waals surface area contributed by atoms with Crippen molar-refractivity contribution in [1.82, 2.24) is 4.98 Å². The molecule has 1 aliphatic rings. The second-order valence-electron chi connectivity index (χ2n) is 3.37. The maximum atomic E-state index is 11.3. The second kappa shape index (κ2) is 4.06. The summed E-state index contributed by atoms with van der Waals surface area (Å²) >= 11 is 5.83. The van der Waals surface area contributed by atoms with Crippen molar-refractivity contribution in [3.05, 3.63) is 22.8 Å². The van der Waals surface area contributed by atoms with Crippen LogP contribution in [0.15, 0.2) is 12.1 Å². The van der Waals surface area contributed by atoms with Gasteiger partial charge in [-0.1, -0.05) is 11.6 Å². The van der Waals surface area contributed by atoms with Crippen molar-refractivity contribution < 1.29 is 9.53 Å². The van der Waals surface area contributed by atoms with Gasteiger partial charge in [0.05, 0.1) is 12.7 Å². The van der Waals surface area contributed by atoms with Crippen molar-refractivity contribution >= 4 is 23.4 Å². The number of methoxy groups -OCH3 is 1. The number of esters is 1. The number of hydrogen-bond acceptors (Lipinski definition) is 4. The van der Waals surface area contributed by atoms with Gasteiger partial charge >= 0.3 is 5.97 Å². The van der Waals surface area contributed by atoms with Gasteiger partial charge < -0.3 is 9.64 Å². The highest BCUT2D eigenvalue weighted by Gasteiger charge is 2.18. The number of aromatic nitrogens is 1. The average Bonchev–Trinajstić information content (AvgIpc) is 2.13. The molecule has 1 fully saturated rings. The van der Waals surface area contributed by atoms with Crippen LogP contribution in [0.2, 0.25) is 5.15 Å². The molecule has 0 atom stereocenters. The normalized spacial score (nSPS) is 14.7. The molecule has 0 N–H and O–H groups in total. The zero-order valence-electron chi connectivity index (χ0n) is 8.36. The fraction of sp³-hybridized carbons (Fsp3) is 0.400. The van der Waals surface area contributed by atoms with E-state index in [-0.39, 0.29) is 5.97 Å². The Bertz CT molecular complexity index is 391. The van der Waals surface area contributed by atoms with Crippen LogP contribution in [0.1, 0.15) is 16.8 Å². The SMILES string of the molecule is COC(=O)c1cc(Cl)nc(N2CCC2)c1. The number of hydrogen-bond donors (Lipinski definition) is 0. The minimum atomic E-state index is -0.388. The number of rotatable bonds is 2. The first kappa shape index (κ1) is 10.2. The molecule has 2 heterocycles. The molecule has 2 rings (SSSR count). The summed E-state index contributed by atoms with van der Waals surface area (Å²) in [6, 6.07) is 3.22. The van der Waals surface area contributed by atoms with Crippen molar-refractivity contribution in [2.24, 2.45) is 0 Å². The van der Waals surface area contributed by atoms with Crippen LogP contribution < -0.4 is 4.90 Å². The van der Waals surface area contributed by atoms with Crippen molar-refractivity contribution in [2.45, 2.75) is 6.42 Å². The van der Waals surface area contributed by atoms with Gasteiger partial charge in [0, 0.05) is 13.1 Å². The molecule has 0 amide bonds. The summed E-state index contributed by atoms with van der Waals surface area (Å²) in [7, 11) is 1.35. The van der Waals surface area contributed by atoms with E-state index < -0.39 is 0 Å². The van der Waals surface area contributed by atoms with Gasteiger partial charge in [0.1, 0.15) is 11.0 Å². The predicted octanol–water partition coefficient (Wildman–Crippen LogP) is 1.73. The lowest BCUT2D eigenvalue weighted by atomic mass is 10.2. The summed E-state index contributed by atoms with van der Waals surface area (Å²) in [4.78, 5) is 17.5. The molecule has 15 heavy (non-hydrogen) atoms. The highest BCUT2D eigenvalue weighted by atomic mass is 35.5. The number of nitrogens with zero attached hydrogens (tertiary/aromatic N) is 2. The summed E-state index contributed by atoms with van der Waals surface area (Å²) < 4.78 is 4.63. The van der Waals surface area contributed by atoms with Crippen molar-refractivity contribution in [3.63, 3.8) is 0 Å². The van der Waals surface area contributed by atoms with Gasteiger partial charge in [-0.05, 0) is 18.6 Å². The van der Waals surface area contributed by atoms with E-state index >= 15 is 0 Å². The number of anilines is 1. The number of halogens is 1. The Morgan fingerprint density at radius 3 is 2.80 bits per heavy atom. The summed E-state index contributed by atoms with van der Waals surface area (Å²) in [6.07, 6.45) is 1.15. The monoisotopic (exact) mass is 226 g/mol. The number of carbonyl (C=O) groups excluding carboxylic acids is 1. The van der Waals surface area contributed by atoms with Crippen LogP contribution in [0.4, 0.5) is 5.82 Å². The van der Waals surface area contributed by atoms with E-state index in [1.54, 1.807) is 6.07 Å². The molecule has 0 aliphatic carbocycles. The van der Waals surface area contributed by atoms with Crippen LogP contribution in [-0.4, -0.2) is 31.2 Å².